The summed E-state index contributed by atoms with van der Waals surface area (Å²) in [5, 5.41) is 9.32. The quantitative estimate of drug-likeness (QED) is 0.570. The number of methoxy groups -OCH3 is 1. The van der Waals surface area contributed by atoms with Crippen LogP contribution in [0, 0.1) is 11.3 Å². The van der Waals surface area contributed by atoms with E-state index in [0.717, 1.165) is 25.9 Å². The molecule has 2 saturated heterocycles. The molecule has 132 valence electrons. The van der Waals surface area contributed by atoms with E-state index in [0.29, 0.717) is 28.3 Å². The first-order chi connectivity index (χ1) is 12.1. The topological polar surface area (TPSA) is 82.6 Å². The third-order valence-corrected chi connectivity index (χ3v) is 5.40. The molecule has 2 aliphatic heterocycles. The van der Waals surface area contributed by atoms with Gasteiger partial charge in [-0.1, -0.05) is 24.0 Å². The first-order valence-corrected chi connectivity index (χ1v) is 9.26. The second kappa shape index (κ2) is 7.99. The van der Waals surface area contributed by atoms with Gasteiger partial charge in [0.25, 0.3) is 5.91 Å². The Morgan fingerprint density at radius 1 is 1.44 bits per heavy atom. The normalized spacial score (nSPS) is 19.8. The molecule has 9 heteroatoms. The van der Waals surface area contributed by atoms with Gasteiger partial charge in [-0.2, -0.15) is 10.2 Å². The zero-order valence-corrected chi connectivity index (χ0v) is 15.5. The minimum Gasteiger partial charge on any atom is -0.420 e. The third kappa shape index (κ3) is 3.86. The number of carbonyl (C=O) groups is 1. The second-order valence-electron chi connectivity index (χ2n) is 5.69. The molecule has 7 nitrogen and oxygen atoms in total. The number of aromatic nitrogens is 1. The van der Waals surface area contributed by atoms with Gasteiger partial charge in [0.2, 0.25) is 17.5 Å². The highest BCUT2D eigenvalue weighted by Gasteiger charge is 2.32. The summed E-state index contributed by atoms with van der Waals surface area (Å²) in [6.07, 6.45) is 4.88. The van der Waals surface area contributed by atoms with Crippen molar-refractivity contribution in [2.75, 3.05) is 38.3 Å². The molecule has 1 aromatic rings. The summed E-state index contributed by atoms with van der Waals surface area (Å²) < 4.78 is 11.3. The molecule has 2 fully saturated rings. The highest BCUT2D eigenvalue weighted by atomic mass is 32.2. The van der Waals surface area contributed by atoms with Gasteiger partial charge in [0.15, 0.2) is 0 Å². The molecule has 0 aromatic carbocycles. The van der Waals surface area contributed by atoms with Crippen LogP contribution < -0.4 is 4.90 Å². The van der Waals surface area contributed by atoms with Gasteiger partial charge in [0.1, 0.15) is 10.4 Å². The monoisotopic (exact) mass is 378 g/mol. The Hall–Kier alpha value is -1.89. The van der Waals surface area contributed by atoms with E-state index in [2.05, 4.69) is 11.1 Å². The van der Waals surface area contributed by atoms with Crippen molar-refractivity contribution in [2.24, 2.45) is 0 Å². The Bertz CT molecular complexity index is 747. The SMILES string of the molecule is COCCN1C(=O)/C(=C/c2nc(C#N)c(N3CCCCC3)o2)SC1=S. The number of thioether (sulfide) groups is 1. The minimum absolute atomic E-state index is 0.191. The van der Waals surface area contributed by atoms with Gasteiger partial charge in [-0.15, -0.1) is 0 Å². The predicted molar refractivity (Wildman–Crippen MR) is 99.0 cm³/mol. The third-order valence-electron chi connectivity index (χ3n) is 4.02. The van der Waals surface area contributed by atoms with Crippen LogP contribution in [0.15, 0.2) is 9.32 Å². The van der Waals surface area contributed by atoms with Crippen molar-refractivity contribution in [3.8, 4) is 6.07 Å². The van der Waals surface area contributed by atoms with Gasteiger partial charge in [0, 0.05) is 26.3 Å². The Morgan fingerprint density at radius 2 is 2.20 bits per heavy atom. The van der Waals surface area contributed by atoms with Crippen molar-refractivity contribution in [2.45, 2.75) is 19.3 Å². The number of nitrogens with zero attached hydrogens (tertiary/aromatic N) is 4. The maximum absolute atomic E-state index is 12.4. The van der Waals surface area contributed by atoms with Crippen LogP contribution >= 0.6 is 24.0 Å². The highest BCUT2D eigenvalue weighted by Crippen LogP contribution is 2.33. The zero-order valence-electron chi connectivity index (χ0n) is 13.9. The maximum Gasteiger partial charge on any atom is 0.266 e. The Labute approximate surface area is 155 Å². The van der Waals surface area contributed by atoms with Crippen LogP contribution in [0.2, 0.25) is 0 Å². The molecule has 0 atom stereocenters. The lowest BCUT2D eigenvalue weighted by atomic mass is 10.1. The van der Waals surface area contributed by atoms with Crippen molar-refractivity contribution >= 4 is 46.2 Å². The maximum atomic E-state index is 12.4. The van der Waals surface area contributed by atoms with Crippen molar-refractivity contribution in [3.05, 3.63) is 16.5 Å². The Balaban J connectivity index is 1.82. The van der Waals surface area contributed by atoms with E-state index in [9.17, 15) is 10.1 Å². The van der Waals surface area contributed by atoms with E-state index in [1.165, 1.54) is 23.1 Å². The average Bonchev–Trinajstić information content (AvgIpc) is 3.15. The smallest absolute Gasteiger partial charge is 0.266 e. The molecule has 25 heavy (non-hydrogen) atoms. The van der Waals surface area contributed by atoms with Crippen LogP contribution in [-0.4, -0.2) is 53.5 Å². The van der Waals surface area contributed by atoms with E-state index in [1.54, 1.807) is 13.2 Å². The van der Waals surface area contributed by atoms with Gasteiger partial charge in [-0.3, -0.25) is 9.69 Å². The molecule has 0 bridgehead atoms. The molecule has 0 unspecified atom stereocenters. The van der Waals surface area contributed by atoms with Gasteiger partial charge >= 0.3 is 0 Å². The van der Waals surface area contributed by atoms with E-state index in [4.69, 9.17) is 21.4 Å². The van der Waals surface area contributed by atoms with E-state index < -0.39 is 0 Å². The molecule has 0 N–H and O–H groups in total. The molecule has 2 aliphatic rings. The summed E-state index contributed by atoms with van der Waals surface area (Å²) in [5.41, 5.74) is 0.253. The number of ether oxygens (including phenoxy) is 1. The van der Waals surface area contributed by atoms with E-state index >= 15 is 0 Å². The standard InChI is InChI=1S/C16H18N4O3S2/c1-22-8-7-20-14(21)12(25-16(20)24)9-13-18-11(10-17)15(23-13)19-5-3-2-4-6-19/h9H,2-8H2,1H3/b12-9-. The molecule has 3 heterocycles. The molecule has 1 amide bonds. The Kier molecular flexibility index (Phi) is 5.73. The summed E-state index contributed by atoms with van der Waals surface area (Å²) in [7, 11) is 1.58. The predicted octanol–water partition coefficient (Wildman–Crippen LogP) is 2.38. The summed E-state index contributed by atoms with van der Waals surface area (Å²) in [4.78, 5) is 20.6. The van der Waals surface area contributed by atoms with Gasteiger partial charge in [0.05, 0.1) is 18.1 Å². The Morgan fingerprint density at radius 3 is 2.88 bits per heavy atom. The summed E-state index contributed by atoms with van der Waals surface area (Å²) in [6.45, 7) is 2.52. The van der Waals surface area contributed by atoms with Crippen LogP contribution in [0.25, 0.3) is 6.08 Å². The molecule has 0 spiro atoms. The van der Waals surface area contributed by atoms with Crippen LogP contribution in [-0.2, 0) is 9.53 Å². The first kappa shape index (κ1) is 17.9. The molecule has 0 radical (unpaired) electrons. The number of anilines is 1. The average molecular weight is 378 g/mol. The fourth-order valence-electron chi connectivity index (χ4n) is 2.76. The van der Waals surface area contributed by atoms with Crippen molar-refractivity contribution in [3.63, 3.8) is 0 Å². The highest BCUT2D eigenvalue weighted by molar-refractivity contribution is 8.26. The minimum atomic E-state index is -0.191. The number of nitriles is 1. The van der Waals surface area contributed by atoms with Crippen molar-refractivity contribution < 1.29 is 13.9 Å². The number of thiocarbonyl (C=S) groups is 1. The number of hydrogen-bond donors (Lipinski definition) is 0. The lowest BCUT2D eigenvalue weighted by molar-refractivity contribution is -0.122. The largest absolute Gasteiger partial charge is 0.420 e. The number of hydrogen-bond acceptors (Lipinski definition) is 8. The fraction of sp³-hybridized carbons (Fsp3) is 0.500. The molecule has 0 aliphatic carbocycles. The lowest BCUT2D eigenvalue weighted by Gasteiger charge is -2.25. The molecular weight excluding hydrogens is 360 g/mol. The first-order valence-electron chi connectivity index (χ1n) is 8.04. The lowest BCUT2D eigenvalue weighted by Crippen LogP contribution is -2.31. The molecule has 1 aromatic heterocycles. The number of oxazole rings is 1. The fourth-order valence-corrected chi connectivity index (χ4v) is 4.03. The van der Waals surface area contributed by atoms with Crippen LogP contribution in [0.3, 0.4) is 0 Å². The zero-order chi connectivity index (χ0) is 17.8. The van der Waals surface area contributed by atoms with Crippen LogP contribution in [0.1, 0.15) is 30.8 Å². The van der Waals surface area contributed by atoms with Crippen LogP contribution in [0.5, 0.6) is 0 Å². The summed E-state index contributed by atoms with van der Waals surface area (Å²) in [6, 6.07) is 2.07. The van der Waals surface area contributed by atoms with Crippen molar-refractivity contribution in [1.82, 2.24) is 9.88 Å². The van der Waals surface area contributed by atoms with E-state index in [-0.39, 0.29) is 17.5 Å². The summed E-state index contributed by atoms with van der Waals surface area (Å²) >= 11 is 6.44. The number of amides is 1. The second-order valence-corrected chi connectivity index (χ2v) is 7.37. The van der Waals surface area contributed by atoms with Crippen LogP contribution in [0.4, 0.5) is 5.88 Å². The van der Waals surface area contributed by atoms with Gasteiger partial charge < -0.3 is 14.1 Å². The van der Waals surface area contributed by atoms with Crippen molar-refractivity contribution in [1.29, 1.82) is 5.26 Å². The van der Waals surface area contributed by atoms with Gasteiger partial charge in [-0.05, 0) is 19.3 Å². The molecular formula is C16H18N4O3S2. The molecule has 3 rings (SSSR count). The number of carbonyl (C=O) groups excluding carboxylic acids is 1. The number of rotatable bonds is 5. The molecule has 0 saturated carbocycles. The summed E-state index contributed by atoms with van der Waals surface area (Å²) in [5.74, 6) is 0.552. The number of piperidine rings is 1. The van der Waals surface area contributed by atoms with Gasteiger partial charge in [-0.25, -0.2) is 0 Å². The van der Waals surface area contributed by atoms with E-state index in [1.807, 2.05) is 4.90 Å².